The molecule has 0 spiro atoms. The monoisotopic (exact) mass is 266 g/mol. The summed E-state index contributed by atoms with van der Waals surface area (Å²) in [5, 5.41) is 4.37. The zero-order valence-corrected chi connectivity index (χ0v) is 11.6. The predicted molar refractivity (Wildman–Crippen MR) is 74.3 cm³/mol. The third kappa shape index (κ3) is 2.39. The average Bonchev–Trinajstić information content (AvgIpc) is 2.79. The Hall–Kier alpha value is -1.40. The Morgan fingerprint density at radius 2 is 2.28 bits per heavy atom. The molecule has 2 heterocycles. The first-order valence-electron chi connectivity index (χ1n) is 5.96. The minimum absolute atomic E-state index is 0.638. The molecule has 2 rings (SSSR count). The van der Waals surface area contributed by atoms with Crippen LogP contribution in [-0.2, 0) is 18.3 Å². The molecule has 18 heavy (non-hydrogen) atoms. The largest absolute Gasteiger partial charge is 0.379 e. The van der Waals surface area contributed by atoms with Gasteiger partial charge >= 0.3 is 0 Å². The van der Waals surface area contributed by atoms with Gasteiger partial charge in [-0.2, -0.15) is 5.10 Å². The highest BCUT2D eigenvalue weighted by molar-refractivity contribution is 7.71. The van der Waals surface area contributed by atoms with Gasteiger partial charge < -0.3 is 9.72 Å². The standard InChI is InChI=1S/C12H18N4OS/c1-4-5-7-17-8-6-16-11-10(13-12(16)18)9(2)14-15(11)3/h4H,1,5-8H2,2-3H3,(H,13,18). The first kappa shape index (κ1) is 13.0. The van der Waals surface area contributed by atoms with Gasteiger partial charge in [0.05, 0.1) is 25.5 Å². The normalized spacial score (nSPS) is 11.2. The van der Waals surface area contributed by atoms with Crippen LogP contribution in [0.5, 0.6) is 0 Å². The number of rotatable bonds is 6. The lowest BCUT2D eigenvalue weighted by Crippen LogP contribution is -2.09. The van der Waals surface area contributed by atoms with Crippen molar-refractivity contribution in [3.8, 4) is 0 Å². The quantitative estimate of drug-likeness (QED) is 0.496. The second-order valence-electron chi connectivity index (χ2n) is 4.18. The highest BCUT2D eigenvalue weighted by Crippen LogP contribution is 2.16. The van der Waals surface area contributed by atoms with E-state index in [0.29, 0.717) is 18.0 Å². The third-order valence-electron chi connectivity index (χ3n) is 2.85. The summed E-state index contributed by atoms with van der Waals surface area (Å²) in [5.74, 6) is 0. The molecule has 98 valence electrons. The van der Waals surface area contributed by atoms with Gasteiger partial charge in [-0.25, -0.2) is 0 Å². The van der Waals surface area contributed by atoms with E-state index in [1.165, 1.54) is 0 Å². The first-order chi connectivity index (χ1) is 8.65. The van der Waals surface area contributed by atoms with E-state index in [1.807, 2.05) is 29.3 Å². The topological polar surface area (TPSA) is 47.8 Å². The second kappa shape index (κ2) is 5.49. The molecule has 0 radical (unpaired) electrons. The van der Waals surface area contributed by atoms with Gasteiger partial charge in [0.15, 0.2) is 10.4 Å². The molecule has 0 saturated carbocycles. The number of imidazole rings is 1. The molecule has 6 heteroatoms. The third-order valence-corrected chi connectivity index (χ3v) is 3.17. The predicted octanol–water partition coefficient (Wildman–Crippen LogP) is 2.33. The molecule has 0 aliphatic carbocycles. The number of hydrogen-bond acceptors (Lipinski definition) is 3. The number of aromatic nitrogens is 4. The molecular formula is C12H18N4OS. The van der Waals surface area contributed by atoms with Gasteiger partial charge in [-0.3, -0.25) is 9.25 Å². The van der Waals surface area contributed by atoms with Crippen molar-refractivity contribution in [1.29, 1.82) is 0 Å². The van der Waals surface area contributed by atoms with Crippen LogP contribution in [0, 0.1) is 11.7 Å². The number of aromatic amines is 1. The van der Waals surface area contributed by atoms with E-state index in [1.54, 1.807) is 0 Å². The number of H-pyrrole nitrogens is 1. The van der Waals surface area contributed by atoms with Crippen LogP contribution in [0.4, 0.5) is 0 Å². The summed E-state index contributed by atoms with van der Waals surface area (Å²) in [5.41, 5.74) is 2.99. The number of nitrogens with one attached hydrogen (secondary N) is 1. The Bertz CT molecular complexity index is 607. The molecule has 2 aromatic rings. The van der Waals surface area contributed by atoms with Crippen LogP contribution < -0.4 is 0 Å². The van der Waals surface area contributed by atoms with E-state index in [9.17, 15) is 0 Å². The molecule has 2 aromatic heterocycles. The lowest BCUT2D eigenvalue weighted by Gasteiger charge is -2.05. The Morgan fingerprint density at radius 3 is 3.00 bits per heavy atom. The van der Waals surface area contributed by atoms with E-state index >= 15 is 0 Å². The van der Waals surface area contributed by atoms with Gasteiger partial charge in [0.2, 0.25) is 0 Å². The van der Waals surface area contributed by atoms with E-state index in [0.717, 1.165) is 29.8 Å². The van der Waals surface area contributed by atoms with Crippen LogP contribution in [0.2, 0.25) is 0 Å². The van der Waals surface area contributed by atoms with Crippen molar-refractivity contribution in [1.82, 2.24) is 19.3 Å². The van der Waals surface area contributed by atoms with E-state index in [2.05, 4.69) is 16.7 Å². The molecule has 0 aliphatic heterocycles. The number of aryl methyl sites for hydroxylation is 2. The van der Waals surface area contributed by atoms with Crippen LogP contribution in [0.25, 0.3) is 11.2 Å². The fourth-order valence-electron chi connectivity index (χ4n) is 2.00. The Balaban J connectivity index is 2.15. The highest BCUT2D eigenvalue weighted by atomic mass is 32.1. The zero-order valence-electron chi connectivity index (χ0n) is 10.8. The van der Waals surface area contributed by atoms with Gasteiger partial charge in [0.1, 0.15) is 5.52 Å². The van der Waals surface area contributed by atoms with E-state index in [-0.39, 0.29) is 0 Å². The Morgan fingerprint density at radius 1 is 1.50 bits per heavy atom. The summed E-state index contributed by atoms with van der Waals surface area (Å²) in [6.07, 6.45) is 2.73. The van der Waals surface area contributed by atoms with Crippen LogP contribution >= 0.6 is 12.2 Å². The first-order valence-corrected chi connectivity index (χ1v) is 6.36. The van der Waals surface area contributed by atoms with E-state index < -0.39 is 0 Å². The van der Waals surface area contributed by atoms with Crippen molar-refractivity contribution in [2.45, 2.75) is 19.9 Å². The smallest absolute Gasteiger partial charge is 0.179 e. The second-order valence-corrected chi connectivity index (χ2v) is 4.57. The highest BCUT2D eigenvalue weighted by Gasteiger charge is 2.11. The molecule has 0 atom stereocenters. The van der Waals surface area contributed by atoms with Crippen LogP contribution in [0.15, 0.2) is 12.7 Å². The molecule has 0 unspecified atom stereocenters. The lowest BCUT2D eigenvalue weighted by molar-refractivity contribution is 0.131. The van der Waals surface area contributed by atoms with Crippen molar-refractivity contribution in [3.63, 3.8) is 0 Å². The van der Waals surface area contributed by atoms with E-state index in [4.69, 9.17) is 17.0 Å². The molecule has 0 aromatic carbocycles. The van der Waals surface area contributed by atoms with Crippen LogP contribution in [-0.4, -0.2) is 32.5 Å². The molecular weight excluding hydrogens is 248 g/mol. The van der Waals surface area contributed by atoms with Crippen molar-refractivity contribution in [2.24, 2.45) is 7.05 Å². The summed E-state index contributed by atoms with van der Waals surface area (Å²) in [6.45, 7) is 7.70. The van der Waals surface area contributed by atoms with Gasteiger partial charge in [-0.05, 0) is 25.6 Å². The number of hydrogen-bond donors (Lipinski definition) is 1. The molecule has 0 fully saturated rings. The molecule has 1 N–H and O–H groups in total. The Labute approximate surface area is 111 Å². The van der Waals surface area contributed by atoms with Crippen LogP contribution in [0.1, 0.15) is 12.1 Å². The fraction of sp³-hybridized carbons (Fsp3) is 0.500. The molecule has 0 saturated heterocycles. The minimum Gasteiger partial charge on any atom is -0.379 e. The molecule has 0 amide bonds. The molecule has 0 bridgehead atoms. The summed E-state index contributed by atoms with van der Waals surface area (Å²) in [7, 11) is 1.92. The molecule has 0 aliphatic rings. The maximum absolute atomic E-state index is 5.52. The van der Waals surface area contributed by atoms with Gasteiger partial charge in [0.25, 0.3) is 0 Å². The minimum atomic E-state index is 0.638. The summed E-state index contributed by atoms with van der Waals surface area (Å²) < 4.78 is 10.1. The van der Waals surface area contributed by atoms with Gasteiger partial charge in [-0.15, -0.1) is 6.58 Å². The van der Waals surface area contributed by atoms with Crippen molar-refractivity contribution in [2.75, 3.05) is 13.2 Å². The fourth-order valence-corrected chi connectivity index (χ4v) is 2.28. The van der Waals surface area contributed by atoms with Gasteiger partial charge in [0, 0.05) is 7.05 Å². The van der Waals surface area contributed by atoms with Crippen LogP contribution in [0.3, 0.4) is 0 Å². The maximum Gasteiger partial charge on any atom is 0.179 e. The zero-order chi connectivity index (χ0) is 13.1. The lowest BCUT2D eigenvalue weighted by atomic mass is 10.4. The number of nitrogens with zero attached hydrogens (tertiary/aromatic N) is 3. The number of ether oxygens (including phenoxy) is 1. The Kier molecular flexibility index (Phi) is 3.98. The maximum atomic E-state index is 5.52. The molecule has 5 nitrogen and oxygen atoms in total. The summed E-state index contributed by atoms with van der Waals surface area (Å²) in [6, 6.07) is 0. The summed E-state index contributed by atoms with van der Waals surface area (Å²) >= 11 is 5.32. The van der Waals surface area contributed by atoms with Crippen molar-refractivity contribution >= 4 is 23.4 Å². The number of fused-ring (bicyclic) bond motifs is 1. The SMILES string of the molecule is C=CCCOCCn1c(=S)[nH]c2c(C)nn(C)c21. The van der Waals surface area contributed by atoms with Crippen molar-refractivity contribution in [3.05, 3.63) is 23.1 Å². The average molecular weight is 266 g/mol. The van der Waals surface area contributed by atoms with Crippen molar-refractivity contribution < 1.29 is 4.74 Å². The summed E-state index contributed by atoms with van der Waals surface area (Å²) in [4.78, 5) is 3.19. The van der Waals surface area contributed by atoms with Gasteiger partial charge in [-0.1, -0.05) is 6.08 Å².